The number of ether oxygens (including phenoxy) is 2. The molecule has 0 aliphatic heterocycles. The van der Waals surface area contributed by atoms with E-state index in [0.29, 0.717) is 35.6 Å². The molecule has 0 aliphatic rings. The highest BCUT2D eigenvalue weighted by Gasteiger charge is 2.07. The molecule has 1 atom stereocenters. The molecule has 0 saturated heterocycles. The van der Waals surface area contributed by atoms with Crippen LogP contribution in [0.15, 0.2) is 18.2 Å². The Labute approximate surface area is 105 Å². The number of benzene rings is 1. The third-order valence-electron chi connectivity index (χ3n) is 1.99. The standard InChI is InChI=1S/C11H15Cl2NO2/c1-2-15-9(6-14)7-16-8-3-4-10(12)11(13)5-8/h3-5,9H,2,6-7,14H2,1H3. The van der Waals surface area contributed by atoms with Crippen LogP contribution in [0.3, 0.4) is 0 Å². The summed E-state index contributed by atoms with van der Waals surface area (Å²) in [5.74, 6) is 0.660. The van der Waals surface area contributed by atoms with Crippen molar-refractivity contribution < 1.29 is 9.47 Å². The van der Waals surface area contributed by atoms with Gasteiger partial charge in [0.2, 0.25) is 0 Å². The third kappa shape index (κ3) is 4.18. The van der Waals surface area contributed by atoms with Gasteiger partial charge in [0, 0.05) is 19.2 Å². The van der Waals surface area contributed by atoms with E-state index in [0.717, 1.165) is 0 Å². The second kappa shape index (κ2) is 6.97. The van der Waals surface area contributed by atoms with Crippen LogP contribution in [0.2, 0.25) is 10.0 Å². The molecule has 1 rings (SSSR count). The fourth-order valence-corrected chi connectivity index (χ4v) is 1.46. The van der Waals surface area contributed by atoms with Gasteiger partial charge < -0.3 is 15.2 Å². The Bertz CT molecular complexity index is 334. The van der Waals surface area contributed by atoms with E-state index >= 15 is 0 Å². The van der Waals surface area contributed by atoms with Crippen molar-refractivity contribution in [2.75, 3.05) is 19.8 Å². The Balaban J connectivity index is 2.50. The van der Waals surface area contributed by atoms with Gasteiger partial charge in [0.1, 0.15) is 18.5 Å². The van der Waals surface area contributed by atoms with E-state index in [2.05, 4.69) is 0 Å². The maximum absolute atomic E-state index is 5.86. The molecule has 1 aromatic rings. The van der Waals surface area contributed by atoms with Gasteiger partial charge in [-0.2, -0.15) is 0 Å². The van der Waals surface area contributed by atoms with Gasteiger partial charge in [-0.1, -0.05) is 23.2 Å². The Kier molecular flexibility index (Phi) is 5.91. The molecule has 0 saturated carbocycles. The molecule has 1 unspecified atom stereocenters. The Morgan fingerprint density at radius 3 is 2.62 bits per heavy atom. The highest BCUT2D eigenvalue weighted by atomic mass is 35.5. The highest BCUT2D eigenvalue weighted by molar-refractivity contribution is 6.42. The predicted molar refractivity (Wildman–Crippen MR) is 66.4 cm³/mol. The smallest absolute Gasteiger partial charge is 0.121 e. The lowest BCUT2D eigenvalue weighted by Gasteiger charge is -2.15. The predicted octanol–water partition coefficient (Wildman–Crippen LogP) is 2.74. The molecular formula is C11H15Cl2NO2. The van der Waals surface area contributed by atoms with Crippen molar-refractivity contribution in [1.29, 1.82) is 0 Å². The van der Waals surface area contributed by atoms with Crippen LogP contribution in [-0.2, 0) is 4.74 Å². The first-order chi connectivity index (χ1) is 7.67. The molecule has 0 amide bonds. The van der Waals surface area contributed by atoms with Crippen LogP contribution in [0.1, 0.15) is 6.92 Å². The molecule has 0 aromatic heterocycles. The zero-order valence-electron chi connectivity index (χ0n) is 9.08. The highest BCUT2D eigenvalue weighted by Crippen LogP contribution is 2.26. The van der Waals surface area contributed by atoms with Gasteiger partial charge in [-0.15, -0.1) is 0 Å². The molecule has 2 N–H and O–H groups in total. The van der Waals surface area contributed by atoms with E-state index in [1.54, 1.807) is 18.2 Å². The van der Waals surface area contributed by atoms with Crippen molar-refractivity contribution in [2.45, 2.75) is 13.0 Å². The molecule has 3 nitrogen and oxygen atoms in total. The maximum atomic E-state index is 5.86. The minimum absolute atomic E-state index is 0.0977. The van der Waals surface area contributed by atoms with Crippen molar-refractivity contribution in [1.82, 2.24) is 0 Å². The Hall–Kier alpha value is -0.480. The minimum atomic E-state index is -0.0977. The van der Waals surface area contributed by atoms with Gasteiger partial charge in [0.25, 0.3) is 0 Å². The first-order valence-corrected chi connectivity index (χ1v) is 5.82. The van der Waals surface area contributed by atoms with E-state index < -0.39 is 0 Å². The van der Waals surface area contributed by atoms with Gasteiger partial charge in [-0.3, -0.25) is 0 Å². The first-order valence-electron chi connectivity index (χ1n) is 5.07. The first kappa shape index (κ1) is 13.6. The lowest BCUT2D eigenvalue weighted by molar-refractivity contribution is 0.0337. The van der Waals surface area contributed by atoms with E-state index in [4.69, 9.17) is 38.4 Å². The van der Waals surface area contributed by atoms with E-state index in [1.807, 2.05) is 6.92 Å². The quantitative estimate of drug-likeness (QED) is 0.859. The summed E-state index contributed by atoms with van der Waals surface area (Å²) in [7, 11) is 0. The van der Waals surface area contributed by atoms with Crippen molar-refractivity contribution in [3.63, 3.8) is 0 Å². The zero-order chi connectivity index (χ0) is 12.0. The van der Waals surface area contributed by atoms with Crippen molar-refractivity contribution >= 4 is 23.2 Å². The summed E-state index contributed by atoms with van der Waals surface area (Å²) in [6.45, 7) is 3.37. The van der Waals surface area contributed by atoms with E-state index in [9.17, 15) is 0 Å². The van der Waals surface area contributed by atoms with Gasteiger partial charge >= 0.3 is 0 Å². The summed E-state index contributed by atoms with van der Waals surface area (Å²) in [4.78, 5) is 0. The molecular weight excluding hydrogens is 249 g/mol. The average molecular weight is 264 g/mol. The molecule has 0 fully saturated rings. The summed E-state index contributed by atoms with van der Waals surface area (Å²) in [6.07, 6.45) is -0.0977. The Morgan fingerprint density at radius 2 is 2.06 bits per heavy atom. The van der Waals surface area contributed by atoms with Gasteiger partial charge in [0.05, 0.1) is 10.0 Å². The normalized spacial score (nSPS) is 12.5. The van der Waals surface area contributed by atoms with E-state index in [1.165, 1.54) is 0 Å². The number of rotatable bonds is 6. The summed E-state index contributed by atoms with van der Waals surface area (Å²) in [5, 5.41) is 0.981. The molecule has 0 spiro atoms. The topological polar surface area (TPSA) is 44.5 Å². The van der Waals surface area contributed by atoms with Crippen molar-refractivity contribution in [3.8, 4) is 5.75 Å². The SMILES string of the molecule is CCOC(CN)COc1ccc(Cl)c(Cl)c1. The Morgan fingerprint density at radius 1 is 1.31 bits per heavy atom. The monoisotopic (exact) mass is 263 g/mol. The van der Waals surface area contributed by atoms with Crippen LogP contribution in [0.25, 0.3) is 0 Å². The molecule has 5 heteroatoms. The zero-order valence-corrected chi connectivity index (χ0v) is 10.6. The van der Waals surface area contributed by atoms with Crippen LogP contribution in [0.4, 0.5) is 0 Å². The molecule has 1 aromatic carbocycles. The number of halogens is 2. The summed E-state index contributed by atoms with van der Waals surface area (Å²) >= 11 is 11.6. The second-order valence-corrected chi connectivity index (χ2v) is 4.01. The molecule has 90 valence electrons. The lowest BCUT2D eigenvalue weighted by atomic mass is 10.3. The molecule has 0 radical (unpaired) electrons. The van der Waals surface area contributed by atoms with Gasteiger partial charge in [0.15, 0.2) is 0 Å². The third-order valence-corrected chi connectivity index (χ3v) is 2.73. The van der Waals surface area contributed by atoms with Crippen molar-refractivity contribution in [2.24, 2.45) is 5.73 Å². The fraction of sp³-hybridized carbons (Fsp3) is 0.455. The minimum Gasteiger partial charge on any atom is -0.491 e. The average Bonchev–Trinajstić information content (AvgIpc) is 2.28. The second-order valence-electron chi connectivity index (χ2n) is 3.20. The lowest BCUT2D eigenvalue weighted by Crippen LogP contribution is -2.30. The maximum Gasteiger partial charge on any atom is 0.121 e. The number of nitrogens with two attached hydrogens (primary N) is 1. The van der Waals surface area contributed by atoms with Gasteiger partial charge in [-0.05, 0) is 19.1 Å². The number of hydrogen-bond acceptors (Lipinski definition) is 3. The molecule has 0 heterocycles. The summed E-state index contributed by atoms with van der Waals surface area (Å²) in [6, 6.07) is 5.12. The fourth-order valence-electron chi connectivity index (χ4n) is 1.18. The largest absolute Gasteiger partial charge is 0.491 e. The van der Waals surface area contributed by atoms with Crippen LogP contribution in [0, 0.1) is 0 Å². The van der Waals surface area contributed by atoms with Gasteiger partial charge in [-0.25, -0.2) is 0 Å². The van der Waals surface area contributed by atoms with Crippen LogP contribution in [-0.4, -0.2) is 25.9 Å². The van der Waals surface area contributed by atoms with Crippen LogP contribution in [0.5, 0.6) is 5.75 Å². The summed E-state index contributed by atoms with van der Waals surface area (Å²) in [5.41, 5.74) is 5.52. The summed E-state index contributed by atoms with van der Waals surface area (Å²) < 4.78 is 10.9. The molecule has 0 bridgehead atoms. The van der Waals surface area contributed by atoms with Crippen LogP contribution >= 0.6 is 23.2 Å². The molecule has 0 aliphatic carbocycles. The molecule has 16 heavy (non-hydrogen) atoms. The number of hydrogen-bond donors (Lipinski definition) is 1. The van der Waals surface area contributed by atoms with Crippen molar-refractivity contribution in [3.05, 3.63) is 28.2 Å². The van der Waals surface area contributed by atoms with Crippen LogP contribution < -0.4 is 10.5 Å². The van der Waals surface area contributed by atoms with E-state index in [-0.39, 0.29) is 6.10 Å².